The van der Waals surface area contributed by atoms with Gasteiger partial charge in [-0.25, -0.2) is 4.79 Å². The van der Waals surface area contributed by atoms with E-state index in [0.29, 0.717) is 5.92 Å². The Balaban J connectivity index is 1.43. The maximum atomic E-state index is 12.5. The number of hydrogen-bond acceptors (Lipinski definition) is 1. The van der Waals surface area contributed by atoms with Gasteiger partial charge in [-0.1, -0.05) is 54.6 Å². The highest BCUT2D eigenvalue weighted by molar-refractivity contribution is 5.75. The summed E-state index contributed by atoms with van der Waals surface area (Å²) in [5, 5.41) is 6.37. The van der Waals surface area contributed by atoms with Gasteiger partial charge in [-0.2, -0.15) is 0 Å². The molecule has 1 fully saturated rings. The molecule has 2 aliphatic rings. The van der Waals surface area contributed by atoms with Crippen molar-refractivity contribution in [1.82, 2.24) is 10.6 Å². The molecule has 3 heteroatoms. The summed E-state index contributed by atoms with van der Waals surface area (Å²) < 4.78 is 0. The van der Waals surface area contributed by atoms with Crippen LogP contribution in [-0.4, -0.2) is 6.03 Å². The van der Waals surface area contributed by atoms with Gasteiger partial charge in [0.2, 0.25) is 0 Å². The van der Waals surface area contributed by atoms with Crippen LogP contribution in [0.5, 0.6) is 0 Å². The van der Waals surface area contributed by atoms with Gasteiger partial charge in [0.25, 0.3) is 0 Å². The van der Waals surface area contributed by atoms with Crippen LogP contribution in [0.4, 0.5) is 4.79 Å². The van der Waals surface area contributed by atoms with E-state index in [4.69, 9.17) is 0 Å². The van der Waals surface area contributed by atoms with Crippen LogP contribution in [0.3, 0.4) is 0 Å². The SMILES string of the molecule is O=C(N[C@@H]1CCc2ccccc21)N[C@@H](c1ccccc1)C1CC1. The first-order valence-corrected chi connectivity index (χ1v) is 8.51. The molecule has 2 N–H and O–H groups in total. The predicted molar refractivity (Wildman–Crippen MR) is 91.1 cm³/mol. The Kier molecular flexibility index (Phi) is 3.78. The van der Waals surface area contributed by atoms with E-state index < -0.39 is 0 Å². The first-order valence-electron chi connectivity index (χ1n) is 8.51. The largest absolute Gasteiger partial charge is 0.331 e. The summed E-state index contributed by atoms with van der Waals surface area (Å²) in [6.07, 6.45) is 4.44. The van der Waals surface area contributed by atoms with E-state index >= 15 is 0 Å². The highest BCUT2D eigenvalue weighted by Crippen LogP contribution is 2.41. The lowest BCUT2D eigenvalue weighted by Crippen LogP contribution is -2.40. The van der Waals surface area contributed by atoms with Crippen LogP contribution in [0.2, 0.25) is 0 Å². The fraction of sp³-hybridized carbons (Fsp3) is 0.350. The van der Waals surface area contributed by atoms with Crippen molar-refractivity contribution in [3.63, 3.8) is 0 Å². The minimum absolute atomic E-state index is 0.0487. The van der Waals surface area contributed by atoms with Gasteiger partial charge in [-0.15, -0.1) is 0 Å². The molecule has 1 saturated carbocycles. The van der Waals surface area contributed by atoms with E-state index in [1.807, 2.05) is 24.3 Å². The summed E-state index contributed by atoms with van der Waals surface area (Å²) >= 11 is 0. The summed E-state index contributed by atoms with van der Waals surface area (Å²) in [4.78, 5) is 12.5. The van der Waals surface area contributed by atoms with Gasteiger partial charge in [0.1, 0.15) is 0 Å². The van der Waals surface area contributed by atoms with Crippen molar-refractivity contribution in [2.24, 2.45) is 5.92 Å². The van der Waals surface area contributed by atoms with Gasteiger partial charge >= 0.3 is 6.03 Å². The van der Waals surface area contributed by atoms with Crippen LogP contribution in [0.25, 0.3) is 0 Å². The number of nitrogens with one attached hydrogen (secondary N) is 2. The summed E-state index contributed by atoms with van der Waals surface area (Å²) in [5.41, 5.74) is 3.84. The molecule has 2 aromatic carbocycles. The predicted octanol–water partition coefficient (Wildman–Crippen LogP) is 4.12. The average Bonchev–Trinajstić information content (AvgIpc) is 3.36. The fourth-order valence-electron chi connectivity index (χ4n) is 3.61. The number of rotatable bonds is 4. The van der Waals surface area contributed by atoms with E-state index in [1.54, 1.807) is 0 Å². The molecule has 0 spiro atoms. The summed E-state index contributed by atoms with van der Waals surface area (Å²) in [6, 6.07) is 18.9. The second-order valence-electron chi connectivity index (χ2n) is 6.63. The molecule has 4 rings (SSSR count). The minimum Gasteiger partial charge on any atom is -0.331 e. The summed E-state index contributed by atoms with van der Waals surface area (Å²) in [7, 11) is 0. The molecule has 0 aliphatic heterocycles. The van der Waals surface area contributed by atoms with E-state index in [-0.39, 0.29) is 18.1 Å². The Morgan fingerprint density at radius 1 is 0.957 bits per heavy atom. The fourth-order valence-corrected chi connectivity index (χ4v) is 3.61. The zero-order valence-corrected chi connectivity index (χ0v) is 13.2. The molecular formula is C20H22N2O. The van der Waals surface area contributed by atoms with Gasteiger partial charge in [-0.3, -0.25) is 0 Å². The molecule has 0 bridgehead atoms. The number of carbonyl (C=O) groups is 1. The van der Waals surface area contributed by atoms with E-state index in [2.05, 4.69) is 41.0 Å². The molecular weight excluding hydrogens is 284 g/mol. The number of urea groups is 1. The van der Waals surface area contributed by atoms with Crippen molar-refractivity contribution in [3.05, 3.63) is 71.3 Å². The zero-order chi connectivity index (χ0) is 15.6. The number of fused-ring (bicyclic) bond motifs is 1. The van der Waals surface area contributed by atoms with Crippen LogP contribution < -0.4 is 10.6 Å². The second-order valence-corrected chi connectivity index (χ2v) is 6.63. The lowest BCUT2D eigenvalue weighted by molar-refractivity contribution is 0.231. The molecule has 0 unspecified atom stereocenters. The highest BCUT2D eigenvalue weighted by atomic mass is 16.2. The molecule has 2 atom stereocenters. The Labute approximate surface area is 137 Å². The third-order valence-electron chi connectivity index (χ3n) is 4.98. The van der Waals surface area contributed by atoms with Gasteiger partial charge < -0.3 is 10.6 Å². The molecule has 0 aromatic heterocycles. The Hall–Kier alpha value is -2.29. The van der Waals surface area contributed by atoms with Crippen LogP contribution in [0.1, 0.15) is 48.0 Å². The van der Waals surface area contributed by atoms with Crippen molar-refractivity contribution in [2.45, 2.75) is 37.8 Å². The molecule has 2 aromatic rings. The standard InChI is InChI=1S/C20H22N2O/c23-20(21-18-13-12-14-6-4-5-9-17(14)18)22-19(16-10-11-16)15-7-2-1-3-8-15/h1-9,16,18-19H,10-13H2,(H2,21,22,23)/t18-,19+/m1/s1. The number of amides is 2. The number of benzene rings is 2. The van der Waals surface area contributed by atoms with Crippen LogP contribution in [-0.2, 0) is 6.42 Å². The Bertz CT molecular complexity index is 694. The second kappa shape index (κ2) is 6.07. The number of aryl methyl sites for hydroxylation is 1. The number of hydrogen-bond donors (Lipinski definition) is 2. The molecule has 23 heavy (non-hydrogen) atoms. The lowest BCUT2D eigenvalue weighted by Gasteiger charge is -2.21. The van der Waals surface area contributed by atoms with Gasteiger partial charge in [0, 0.05) is 0 Å². The van der Waals surface area contributed by atoms with Crippen molar-refractivity contribution in [1.29, 1.82) is 0 Å². The third-order valence-corrected chi connectivity index (χ3v) is 4.98. The molecule has 2 amide bonds. The number of carbonyl (C=O) groups excluding carboxylic acids is 1. The lowest BCUT2D eigenvalue weighted by atomic mass is 10.0. The molecule has 0 saturated heterocycles. The summed E-state index contributed by atoms with van der Waals surface area (Å²) in [5.74, 6) is 0.582. The molecule has 118 valence electrons. The van der Waals surface area contributed by atoms with Crippen molar-refractivity contribution >= 4 is 6.03 Å². The molecule has 0 heterocycles. The Morgan fingerprint density at radius 2 is 1.70 bits per heavy atom. The van der Waals surface area contributed by atoms with Gasteiger partial charge in [0.15, 0.2) is 0 Å². The molecule has 3 nitrogen and oxygen atoms in total. The first kappa shape index (κ1) is 14.3. The van der Waals surface area contributed by atoms with E-state index in [1.165, 1.54) is 29.5 Å². The van der Waals surface area contributed by atoms with Gasteiger partial charge in [-0.05, 0) is 48.3 Å². The summed E-state index contributed by atoms with van der Waals surface area (Å²) in [6.45, 7) is 0. The maximum Gasteiger partial charge on any atom is 0.315 e. The van der Waals surface area contributed by atoms with E-state index in [9.17, 15) is 4.79 Å². The molecule has 2 aliphatic carbocycles. The zero-order valence-electron chi connectivity index (χ0n) is 13.2. The first-order chi connectivity index (χ1) is 11.3. The molecule has 0 radical (unpaired) electrons. The normalized spacial score (nSPS) is 20.6. The van der Waals surface area contributed by atoms with Crippen LogP contribution in [0, 0.1) is 5.92 Å². The third kappa shape index (κ3) is 3.09. The maximum absolute atomic E-state index is 12.5. The van der Waals surface area contributed by atoms with E-state index in [0.717, 1.165) is 12.8 Å². The van der Waals surface area contributed by atoms with Crippen molar-refractivity contribution in [2.75, 3.05) is 0 Å². The minimum atomic E-state index is -0.0487. The quantitative estimate of drug-likeness (QED) is 0.876. The average molecular weight is 306 g/mol. The van der Waals surface area contributed by atoms with Crippen LogP contribution in [0.15, 0.2) is 54.6 Å². The van der Waals surface area contributed by atoms with Gasteiger partial charge in [0.05, 0.1) is 12.1 Å². The van der Waals surface area contributed by atoms with Crippen LogP contribution >= 0.6 is 0 Å². The monoisotopic (exact) mass is 306 g/mol. The van der Waals surface area contributed by atoms with Crippen molar-refractivity contribution < 1.29 is 4.79 Å². The smallest absolute Gasteiger partial charge is 0.315 e. The highest BCUT2D eigenvalue weighted by Gasteiger charge is 2.34. The Morgan fingerprint density at radius 3 is 2.48 bits per heavy atom. The topological polar surface area (TPSA) is 41.1 Å². The van der Waals surface area contributed by atoms with Crippen molar-refractivity contribution in [3.8, 4) is 0 Å².